The van der Waals surface area contributed by atoms with Gasteiger partial charge in [-0.3, -0.25) is 0 Å². The summed E-state index contributed by atoms with van der Waals surface area (Å²) in [5.74, 6) is 0.202. The summed E-state index contributed by atoms with van der Waals surface area (Å²) in [5, 5.41) is 9.46. The maximum Gasteiger partial charge on any atom is 0.343 e. The lowest BCUT2D eigenvalue weighted by molar-refractivity contribution is 0.371. The molecule has 0 unspecified atom stereocenters. The Kier molecular flexibility index (Phi) is 3.89. The van der Waals surface area contributed by atoms with Gasteiger partial charge >= 0.3 is 5.63 Å². The van der Waals surface area contributed by atoms with E-state index in [9.17, 15) is 10.1 Å². The normalized spacial score (nSPS) is 16.5. The molecule has 1 atom stereocenters. The molecule has 1 aliphatic rings. The molecule has 1 aliphatic heterocycles. The van der Waals surface area contributed by atoms with Crippen LogP contribution < -0.4 is 16.1 Å². The summed E-state index contributed by atoms with van der Waals surface area (Å²) in [4.78, 5) is 13.4. The summed E-state index contributed by atoms with van der Waals surface area (Å²) in [5.41, 5.74) is 6.68. The summed E-state index contributed by atoms with van der Waals surface area (Å²) in [6.45, 7) is 1.66. The summed E-state index contributed by atoms with van der Waals surface area (Å²) in [7, 11) is 0. The zero-order chi connectivity index (χ0) is 16.6. The zero-order valence-electron chi connectivity index (χ0n) is 12.6. The molecule has 3 rings (SSSR count). The molecule has 116 valence electrons. The minimum atomic E-state index is -0.587. The molecule has 0 bridgehead atoms. The van der Waals surface area contributed by atoms with Gasteiger partial charge in [0.2, 0.25) is 5.88 Å². The van der Waals surface area contributed by atoms with Gasteiger partial charge in [-0.25, -0.2) is 4.79 Å². The van der Waals surface area contributed by atoms with Gasteiger partial charge < -0.3 is 14.9 Å². The van der Waals surface area contributed by atoms with Crippen molar-refractivity contribution in [2.24, 2.45) is 5.73 Å². The number of nitrogens with zero attached hydrogens (tertiary/aromatic N) is 1. The largest absolute Gasteiger partial charge is 0.440 e. The standard InChI is InChI=1S/C17H14N2O3S/c1-9-7-13-15(17(20)21-9)14(12(8-18)16(19)22-13)10-3-5-11(23-2)6-4-10/h3-7,14H,19H2,1-2H3/t14-/m0/s1. The lowest BCUT2D eigenvalue weighted by atomic mass is 9.84. The van der Waals surface area contributed by atoms with Crippen molar-refractivity contribution in [2.45, 2.75) is 17.7 Å². The van der Waals surface area contributed by atoms with Gasteiger partial charge in [-0.15, -0.1) is 11.8 Å². The number of nitriles is 1. The molecular formula is C17H14N2O3S. The van der Waals surface area contributed by atoms with E-state index in [4.69, 9.17) is 14.9 Å². The number of allylic oxidation sites excluding steroid dienone is 1. The monoisotopic (exact) mass is 326 g/mol. The van der Waals surface area contributed by atoms with Gasteiger partial charge in [0.05, 0.1) is 11.5 Å². The molecule has 23 heavy (non-hydrogen) atoms. The zero-order valence-corrected chi connectivity index (χ0v) is 13.4. The molecular weight excluding hydrogens is 312 g/mol. The Morgan fingerprint density at radius 2 is 2.00 bits per heavy atom. The predicted molar refractivity (Wildman–Crippen MR) is 87.2 cm³/mol. The molecule has 6 heteroatoms. The van der Waals surface area contributed by atoms with E-state index in [2.05, 4.69) is 6.07 Å². The van der Waals surface area contributed by atoms with Crippen molar-refractivity contribution >= 4 is 11.8 Å². The number of aryl methyl sites for hydroxylation is 1. The van der Waals surface area contributed by atoms with Crippen LogP contribution in [0.2, 0.25) is 0 Å². The first-order valence-corrected chi connectivity index (χ1v) is 8.13. The van der Waals surface area contributed by atoms with E-state index >= 15 is 0 Å². The van der Waals surface area contributed by atoms with Gasteiger partial charge in [-0.05, 0) is 30.9 Å². The van der Waals surface area contributed by atoms with Crippen molar-refractivity contribution in [1.29, 1.82) is 5.26 Å². The lowest BCUT2D eigenvalue weighted by Gasteiger charge is -2.25. The van der Waals surface area contributed by atoms with E-state index in [1.807, 2.05) is 30.5 Å². The molecule has 2 heterocycles. The second kappa shape index (κ2) is 5.86. The van der Waals surface area contributed by atoms with Crippen molar-refractivity contribution in [3.8, 4) is 11.8 Å². The quantitative estimate of drug-likeness (QED) is 0.854. The summed E-state index contributed by atoms with van der Waals surface area (Å²) < 4.78 is 10.7. The van der Waals surface area contributed by atoms with Crippen LogP contribution in [0.15, 0.2) is 55.9 Å². The summed E-state index contributed by atoms with van der Waals surface area (Å²) in [6, 6.07) is 11.3. The van der Waals surface area contributed by atoms with E-state index < -0.39 is 11.5 Å². The highest BCUT2D eigenvalue weighted by Crippen LogP contribution is 2.40. The summed E-state index contributed by atoms with van der Waals surface area (Å²) >= 11 is 1.62. The molecule has 1 aromatic heterocycles. The third-order valence-electron chi connectivity index (χ3n) is 3.71. The van der Waals surface area contributed by atoms with E-state index in [-0.39, 0.29) is 11.5 Å². The van der Waals surface area contributed by atoms with Crippen molar-refractivity contribution in [3.63, 3.8) is 0 Å². The number of nitrogens with two attached hydrogens (primary N) is 1. The highest BCUT2D eigenvalue weighted by Gasteiger charge is 2.34. The minimum Gasteiger partial charge on any atom is -0.440 e. The molecule has 0 aliphatic carbocycles. The highest BCUT2D eigenvalue weighted by molar-refractivity contribution is 7.98. The number of rotatable bonds is 2. The Labute approximate surface area is 137 Å². The van der Waals surface area contributed by atoms with Crippen LogP contribution in [0.1, 0.15) is 22.8 Å². The van der Waals surface area contributed by atoms with Gasteiger partial charge in [0, 0.05) is 11.0 Å². The average molecular weight is 326 g/mol. The Balaban J connectivity index is 2.24. The van der Waals surface area contributed by atoms with Gasteiger partial charge in [-0.1, -0.05) is 12.1 Å². The lowest BCUT2D eigenvalue weighted by Crippen LogP contribution is -2.26. The first kappa shape index (κ1) is 15.3. The fourth-order valence-electron chi connectivity index (χ4n) is 2.65. The molecule has 0 fully saturated rings. The second-order valence-electron chi connectivity index (χ2n) is 5.12. The molecule has 0 spiro atoms. The van der Waals surface area contributed by atoms with Crippen molar-refractivity contribution in [3.05, 3.63) is 69.1 Å². The number of hydrogen-bond acceptors (Lipinski definition) is 6. The Morgan fingerprint density at radius 1 is 1.30 bits per heavy atom. The third-order valence-corrected chi connectivity index (χ3v) is 4.45. The molecule has 1 aromatic carbocycles. The molecule has 0 amide bonds. The van der Waals surface area contributed by atoms with Gasteiger partial charge in [0.25, 0.3) is 0 Å². The molecule has 2 N–H and O–H groups in total. The van der Waals surface area contributed by atoms with Crippen LogP contribution in [0.25, 0.3) is 0 Å². The maximum atomic E-state index is 12.3. The van der Waals surface area contributed by atoms with E-state index in [0.29, 0.717) is 17.1 Å². The van der Waals surface area contributed by atoms with Gasteiger partial charge in [-0.2, -0.15) is 5.26 Å². The number of thioether (sulfide) groups is 1. The maximum absolute atomic E-state index is 12.3. The Morgan fingerprint density at radius 3 is 2.61 bits per heavy atom. The van der Waals surface area contributed by atoms with Crippen LogP contribution in [0.4, 0.5) is 0 Å². The fourth-order valence-corrected chi connectivity index (χ4v) is 3.06. The third kappa shape index (κ3) is 2.60. The Bertz CT molecular complexity index is 892. The highest BCUT2D eigenvalue weighted by atomic mass is 32.2. The predicted octanol–water partition coefficient (Wildman–Crippen LogP) is 2.89. The van der Waals surface area contributed by atoms with Gasteiger partial charge in [0.15, 0.2) is 0 Å². The van der Waals surface area contributed by atoms with Crippen LogP contribution in [0, 0.1) is 18.3 Å². The molecule has 0 saturated heterocycles. The first-order valence-electron chi connectivity index (χ1n) is 6.91. The van der Waals surface area contributed by atoms with Gasteiger partial charge in [0.1, 0.15) is 23.2 Å². The van der Waals surface area contributed by atoms with E-state index in [1.165, 1.54) is 0 Å². The van der Waals surface area contributed by atoms with E-state index in [1.54, 1.807) is 24.8 Å². The number of benzene rings is 1. The second-order valence-corrected chi connectivity index (χ2v) is 6.00. The van der Waals surface area contributed by atoms with Crippen LogP contribution in [0.3, 0.4) is 0 Å². The number of ether oxygens (including phenoxy) is 1. The van der Waals surface area contributed by atoms with Crippen molar-refractivity contribution in [1.82, 2.24) is 0 Å². The molecule has 0 saturated carbocycles. The first-order chi connectivity index (χ1) is 11.0. The Hall–Kier alpha value is -2.65. The average Bonchev–Trinajstić information content (AvgIpc) is 2.53. The minimum absolute atomic E-state index is 0.0175. The number of fused-ring (bicyclic) bond motifs is 1. The SMILES string of the molecule is CSc1ccc([C@H]2C(C#N)=C(N)Oc3cc(C)oc(=O)c32)cc1. The van der Waals surface area contributed by atoms with Crippen LogP contribution in [0.5, 0.6) is 5.75 Å². The van der Waals surface area contributed by atoms with Crippen LogP contribution >= 0.6 is 11.8 Å². The number of hydrogen-bond donors (Lipinski definition) is 1. The molecule has 5 nitrogen and oxygen atoms in total. The molecule has 2 aromatic rings. The summed E-state index contributed by atoms with van der Waals surface area (Å²) in [6.07, 6.45) is 1.98. The van der Waals surface area contributed by atoms with E-state index in [0.717, 1.165) is 10.5 Å². The van der Waals surface area contributed by atoms with Crippen molar-refractivity contribution in [2.75, 3.05) is 6.26 Å². The molecule has 0 radical (unpaired) electrons. The topological polar surface area (TPSA) is 89.2 Å². The van der Waals surface area contributed by atoms with Crippen LogP contribution in [-0.4, -0.2) is 6.26 Å². The smallest absolute Gasteiger partial charge is 0.343 e. The van der Waals surface area contributed by atoms with Crippen LogP contribution in [-0.2, 0) is 0 Å². The van der Waals surface area contributed by atoms with Crippen molar-refractivity contribution < 1.29 is 9.15 Å². The fraction of sp³-hybridized carbons (Fsp3) is 0.176.